The highest BCUT2D eigenvalue weighted by molar-refractivity contribution is 6.31. The van der Waals surface area contributed by atoms with Gasteiger partial charge in [0, 0.05) is 36.5 Å². The van der Waals surface area contributed by atoms with Crippen LogP contribution in [-0.4, -0.2) is 47.0 Å². The van der Waals surface area contributed by atoms with Gasteiger partial charge in [-0.05, 0) is 74.6 Å². The Labute approximate surface area is 211 Å². The van der Waals surface area contributed by atoms with Crippen LogP contribution in [0.2, 0.25) is 5.02 Å². The molecule has 2 aliphatic rings. The van der Waals surface area contributed by atoms with Gasteiger partial charge in [-0.3, -0.25) is 4.90 Å². The minimum atomic E-state index is -0.406. The maximum Gasteiger partial charge on any atom is 0.166 e. The van der Waals surface area contributed by atoms with Crippen molar-refractivity contribution in [1.29, 1.82) is 0 Å². The molecule has 5 nitrogen and oxygen atoms in total. The second-order valence-electron chi connectivity index (χ2n) is 9.57. The number of benzene rings is 2. The van der Waals surface area contributed by atoms with E-state index in [-0.39, 0.29) is 12.4 Å². The van der Waals surface area contributed by atoms with Crippen LogP contribution in [0.4, 0.5) is 10.2 Å². The summed E-state index contributed by atoms with van der Waals surface area (Å²) in [5, 5.41) is 0.323. The van der Waals surface area contributed by atoms with Gasteiger partial charge in [-0.15, -0.1) is 0 Å². The minimum absolute atomic E-state index is 0.0196. The quantitative estimate of drug-likeness (QED) is 0.431. The van der Waals surface area contributed by atoms with Gasteiger partial charge in [-0.2, -0.15) is 0 Å². The molecule has 0 saturated carbocycles. The summed E-state index contributed by atoms with van der Waals surface area (Å²) in [6, 6.07) is 15.7. The number of halogens is 2. The number of pyridine rings is 1. The molecule has 2 aromatic carbocycles. The largest absolute Gasteiger partial charge is 0.485 e. The molecule has 0 unspecified atom stereocenters. The van der Waals surface area contributed by atoms with Crippen LogP contribution in [0.5, 0.6) is 5.75 Å². The molecule has 7 heteroatoms. The molecule has 2 N–H and O–H groups in total. The Balaban J connectivity index is 1.24. The average molecular weight is 495 g/mol. The molecule has 2 aliphatic heterocycles. The van der Waals surface area contributed by atoms with Crippen molar-refractivity contribution in [1.82, 2.24) is 14.8 Å². The lowest BCUT2D eigenvalue weighted by Gasteiger charge is -2.28. The number of rotatable bonds is 8. The molecule has 0 aliphatic carbocycles. The van der Waals surface area contributed by atoms with Gasteiger partial charge in [0.25, 0.3) is 0 Å². The van der Waals surface area contributed by atoms with Crippen LogP contribution in [0, 0.1) is 5.82 Å². The lowest BCUT2D eigenvalue weighted by molar-refractivity contribution is 0.185. The molecule has 2 saturated heterocycles. The Morgan fingerprint density at radius 1 is 1.03 bits per heavy atom. The summed E-state index contributed by atoms with van der Waals surface area (Å²) in [6.07, 6.45) is 7.01. The van der Waals surface area contributed by atoms with E-state index < -0.39 is 5.82 Å². The first-order valence-electron chi connectivity index (χ1n) is 12.4. The fourth-order valence-corrected chi connectivity index (χ4v) is 5.38. The van der Waals surface area contributed by atoms with Crippen molar-refractivity contribution in [3.63, 3.8) is 0 Å². The van der Waals surface area contributed by atoms with Gasteiger partial charge in [-0.1, -0.05) is 41.9 Å². The number of ether oxygens (including phenoxy) is 1. The van der Waals surface area contributed by atoms with Gasteiger partial charge >= 0.3 is 0 Å². The molecule has 0 spiro atoms. The maximum absolute atomic E-state index is 14.1. The lowest BCUT2D eigenvalue weighted by Crippen LogP contribution is -2.38. The number of nitrogens with two attached hydrogens (primary N) is 1. The zero-order valence-corrected chi connectivity index (χ0v) is 20.7. The summed E-state index contributed by atoms with van der Waals surface area (Å²) in [4.78, 5) is 9.55. The molecule has 1 atom stereocenters. The number of nitrogens with zero attached hydrogens (tertiary/aromatic N) is 3. The van der Waals surface area contributed by atoms with Crippen LogP contribution in [-0.2, 0) is 13.2 Å². The summed E-state index contributed by atoms with van der Waals surface area (Å²) in [5.74, 6) is 0.264. The van der Waals surface area contributed by atoms with Gasteiger partial charge in [-0.25, -0.2) is 9.37 Å². The summed E-state index contributed by atoms with van der Waals surface area (Å²) in [7, 11) is 0. The predicted molar refractivity (Wildman–Crippen MR) is 139 cm³/mol. The molecule has 3 heterocycles. The second kappa shape index (κ2) is 10.9. The van der Waals surface area contributed by atoms with Gasteiger partial charge in [0.15, 0.2) is 11.6 Å². The van der Waals surface area contributed by atoms with Crippen LogP contribution in [0.1, 0.15) is 36.8 Å². The van der Waals surface area contributed by atoms with Crippen molar-refractivity contribution in [2.45, 2.75) is 44.9 Å². The third-order valence-electron chi connectivity index (χ3n) is 7.16. The van der Waals surface area contributed by atoms with Crippen molar-refractivity contribution in [3.05, 3.63) is 76.7 Å². The Morgan fingerprint density at radius 2 is 1.83 bits per heavy atom. The van der Waals surface area contributed by atoms with Gasteiger partial charge in [0.2, 0.25) is 0 Å². The van der Waals surface area contributed by atoms with E-state index in [1.807, 2.05) is 6.07 Å². The van der Waals surface area contributed by atoms with Crippen LogP contribution < -0.4 is 10.5 Å². The first-order valence-corrected chi connectivity index (χ1v) is 12.8. The Hall–Kier alpha value is -2.67. The van der Waals surface area contributed by atoms with Gasteiger partial charge in [0.1, 0.15) is 12.4 Å². The lowest BCUT2D eigenvalue weighted by atomic mass is 10.0. The molecule has 2 fully saturated rings. The maximum atomic E-state index is 14.1. The summed E-state index contributed by atoms with van der Waals surface area (Å²) < 4.78 is 19.9. The standard InChI is InChI=1S/C28H32ClFN4O/c29-25-6-3-7-26(30)24(25)19-35-27-15-22(16-32-28(27)31)21-10-8-20(9-11-21)17-34-14-4-5-23(34)18-33-12-1-2-13-33/h3,6-11,15-16,23H,1-2,4-5,12-14,17-19H2,(H2,31,32)/t23-/m0/s1. The van der Waals surface area contributed by atoms with Crippen molar-refractivity contribution in [2.75, 3.05) is 31.9 Å². The number of anilines is 1. The monoisotopic (exact) mass is 494 g/mol. The topological polar surface area (TPSA) is 54.6 Å². The fourth-order valence-electron chi connectivity index (χ4n) is 5.16. The van der Waals surface area contributed by atoms with E-state index in [1.54, 1.807) is 18.3 Å². The molecular weight excluding hydrogens is 463 g/mol. The third kappa shape index (κ3) is 5.77. The molecule has 0 amide bonds. The van der Waals surface area contributed by atoms with Crippen molar-refractivity contribution in [3.8, 4) is 16.9 Å². The number of hydrogen-bond acceptors (Lipinski definition) is 5. The number of likely N-dealkylation sites (tertiary alicyclic amines) is 2. The van der Waals surface area contributed by atoms with Crippen LogP contribution >= 0.6 is 11.6 Å². The summed E-state index contributed by atoms with van der Waals surface area (Å²) in [6.45, 7) is 5.86. The van der Waals surface area contributed by atoms with Gasteiger partial charge in [0.05, 0.1) is 5.02 Å². The normalized spacial score (nSPS) is 18.9. The van der Waals surface area contributed by atoms with Crippen molar-refractivity contribution < 1.29 is 9.13 Å². The smallest absolute Gasteiger partial charge is 0.166 e. The molecule has 35 heavy (non-hydrogen) atoms. The van der Waals surface area contributed by atoms with E-state index in [0.29, 0.717) is 22.4 Å². The molecule has 0 bridgehead atoms. The molecule has 5 rings (SSSR count). The second-order valence-corrected chi connectivity index (χ2v) is 9.97. The number of aromatic nitrogens is 1. The number of hydrogen-bond donors (Lipinski definition) is 1. The van der Waals surface area contributed by atoms with Crippen molar-refractivity contribution in [2.24, 2.45) is 0 Å². The van der Waals surface area contributed by atoms with Gasteiger partial charge < -0.3 is 15.4 Å². The highest BCUT2D eigenvalue weighted by Gasteiger charge is 2.27. The first kappa shape index (κ1) is 24.0. The summed E-state index contributed by atoms with van der Waals surface area (Å²) in [5.41, 5.74) is 9.57. The van der Waals surface area contributed by atoms with Crippen LogP contribution in [0.3, 0.4) is 0 Å². The summed E-state index contributed by atoms with van der Waals surface area (Å²) >= 11 is 6.12. The highest BCUT2D eigenvalue weighted by atomic mass is 35.5. The zero-order chi connectivity index (χ0) is 24.2. The highest BCUT2D eigenvalue weighted by Crippen LogP contribution is 2.30. The zero-order valence-electron chi connectivity index (χ0n) is 19.9. The Bertz CT molecular complexity index is 1130. The number of nitrogen functional groups attached to an aromatic ring is 1. The Kier molecular flexibility index (Phi) is 7.51. The van der Waals surface area contributed by atoms with E-state index in [9.17, 15) is 4.39 Å². The van der Waals surface area contributed by atoms with E-state index in [4.69, 9.17) is 22.1 Å². The minimum Gasteiger partial charge on any atom is -0.485 e. The molecule has 3 aromatic rings. The third-order valence-corrected chi connectivity index (χ3v) is 7.51. The van der Waals surface area contributed by atoms with E-state index in [2.05, 4.69) is 39.0 Å². The van der Waals surface area contributed by atoms with E-state index in [0.717, 1.165) is 17.7 Å². The fraction of sp³-hybridized carbons (Fsp3) is 0.393. The molecular formula is C28H32ClFN4O. The first-order chi connectivity index (χ1) is 17.1. The molecule has 184 valence electrons. The molecule has 0 radical (unpaired) electrons. The average Bonchev–Trinajstić information content (AvgIpc) is 3.53. The van der Waals surface area contributed by atoms with E-state index >= 15 is 0 Å². The SMILES string of the molecule is Nc1ncc(-c2ccc(CN3CCC[C@H]3CN3CCCC3)cc2)cc1OCc1c(F)cccc1Cl. The van der Waals surface area contributed by atoms with Crippen molar-refractivity contribution >= 4 is 17.4 Å². The van der Waals surface area contributed by atoms with Crippen LogP contribution in [0.25, 0.3) is 11.1 Å². The Morgan fingerprint density at radius 3 is 2.60 bits per heavy atom. The molecule has 1 aromatic heterocycles. The van der Waals surface area contributed by atoms with Crippen LogP contribution in [0.15, 0.2) is 54.7 Å². The predicted octanol–water partition coefficient (Wildman–Crippen LogP) is 5.76. The van der Waals surface area contributed by atoms with E-state index in [1.165, 1.54) is 63.5 Å².